The van der Waals surface area contributed by atoms with Crippen LogP contribution in [-0.2, 0) is 0 Å². The number of aryl methyl sites for hydroxylation is 2. The summed E-state index contributed by atoms with van der Waals surface area (Å²) in [5.41, 5.74) is 1.97. The van der Waals surface area contributed by atoms with Crippen LogP contribution in [-0.4, -0.2) is 16.0 Å². The van der Waals surface area contributed by atoms with Gasteiger partial charge < -0.3 is 10.4 Å². The Morgan fingerprint density at radius 3 is 2.68 bits per heavy atom. The van der Waals surface area contributed by atoms with Crippen LogP contribution in [0.15, 0.2) is 34.9 Å². The number of hydrogen-bond acceptors (Lipinski definition) is 3. The van der Waals surface area contributed by atoms with E-state index in [-0.39, 0.29) is 17.2 Å². The van der Waals surface area contributed by atoms with Crippen molar-refractivity contribution in [3.63, 3.8) is 0 Å². The fourth-order valence-corrected chi connectivity index (χ4v) is 2.13. The molecule has 0 radical (unpaired) electrons. The summed E-state index contributed by atoms with van der Waals surface area (Å²) >= 11 is 3.31. The first-order valence-corrected chi connectivity index (χ1v) is 6.50. The van der Waals surface area contributed by atoms with Crippen molar-refractivity contribution in [1.29, 1.82) is 0 Å². The van der Waals surface area contributed by atoms with Crippen molar-refractivity contribution in [1.82, 2.24) is 4.98 Å². The Hall–Kier alpha value is -1.88. The molecule has 0 spiro atoms. The van der Waals surface area contributed by atoms with Gasteiger partial charge in [-0.1, -0.05) is 6.07 Å². The van der Waals surface area contributed by atoms with E-state index in [4.69, 9.17) is 0 Å². The quantitative estimate of drug-likeness (QED) is 0.891. The zero-order chi connectivity index (χ0) is 14.0. The Morgan fingerprint density at radius 1 is 1.32 bits per heavy atom. The predicted octanol–water partition coefficient (Wildman–Crippen LogP) is 3.42. The fraction of sp³-hybridized carbons (Fsp3) is 0.143. The van der Waals surface area contributed by atoms with Gasteiger partial charge in [-0.05, 0) is 59.1 Å². The third-order valence-corrected chi connectivity index (χ3v) is 3.11. The van der Waals surface area contributed by atoms with Gasteiger partial charge in [0.1, 0.15) is 11.6 Å². The van der Waals surface area contributed by atoms with Gasteiger partial charge in [0.25, 0.3) is 5.91 Å². The van der Waals surface area contributed by atoms with Crippen LogP contribution < -0.4 is 5.32 Å². The molecule has 5 heteroatoms. The highest BCUT2D eigenvalue weighted by molar-refractivity contribution is 9.10. The molecular formula is C14H13BrN2O2. The molecule has 0 saturated carbocycles. The molecule has 0 aliphatic carbocycles. The molecule has 1 heterocycles. The van der Waals surface area contributed by atoms with Crippen LogP contribution in [0.3, 0.4) is 0 Å². The average molecular weight is 321 g/mol. The van der Waals surface area contributed by atoms with Gasteiger partial charge in [0.2, 0.25) is 0 Å². The Labute approximate surface area is 119 Å². The van der Waals surface area contributed by atoms with Crippen molar-refractivity contribution in [3.8, 4) is 5.75 Å². The number of carbonyl (C=O) groups excluding carboxylic acids is 1. The molecule has 1 amide bonds. The summed E-state index contributed by atoms with van der Waals surface area (Å²) < 4.78 is 0.848. The maximum Gasteiger partial charge on any atom is 0.260 e. The van der Waals surface area contributed by atoms with Gasteiger partial charge in [-0.2, -0.15) is 0 Å². The maximum absolute atomic E-state index is 12.1. The minimum absolute atomic E-state index is 0.0349. The van der Waals surface area contributed by atoms with E-state index in [2.05, 4.69) is 26.2 Å². The number of hydrogen-bond donors (Lipinski definition) is 2. The number of rotatable bonds is 2. The minimum Gasteiger partial charge on any atom is -0.507 e. The Kier molecular flexibility index (Phi) is 3.85. The van der Waals surface area contributed by atoms with Crippen molar-refractivity contribution in [3.05, 3.63) is 51.6 Å². The zero-order valence-electron chi connectivity index (χ0n) is 10.6. The summed E-state index contributed by atoms with van der Waals surface area (Å²) in [5, 5.41) is 12.4. The largest absolute Gasteiger partial charge is 0.507 e. The molecule has 4 nitrogen and oxygen atoms in total. The van der Waals surface area contributed by atoms with Crippen LogP contribution in [0.2, 0.25) is 0 Å². The standard InChI is InChI=1S/C14H13BrN2O2/c1-8-3-4-11(12(18)5-8)14(19)17-13-9(2)6-10(15)7-16-13/h3-7,18H,1-2H3,(H,16,17,19). The van der Waals surface area contributed by atoms with Crippen molar-refractivity contribution >= 4 is 27.7 Å². The van der Waals surface area contributed by atoms with Gasteiger partial charge in [0.15, 0.2) is 0 Å². The number of carbonyl (C=O) groups is 1. The number of phenolic OH excluding ortho intramolecular Hbond substituents is 1. The number of aromatic hydroxyl groups is 1. The van der Waals surface area contributed by atoms with E-state index in [0.717, 1.165) is 15.6 Å². The van der Waals surface area contributed by atoms with Crippen molar-refractivity contribution < 1.29 is 9.90 Å². The van der Waals surface area contributed by atoms with Crippen LogP contribution in [0.4, 0.5) is 5.82 Å². The molecule has 0 aliphatic heterocycles. The lowest BCUT2D eigenvalue weighted by atomic mass is 10.1. The van der Waals surface area contributed by atoms with Gasteiger partial charge in [0.05, 0.1) is 5.56 Å². The maximum atomic E-state index is 12.1. The first-order valence-electron chi connectivity index (χ1n) is 5.70. The van der Waals surface area contributed by atoms with Gasteiger partial charge in [-0.3, -0.25) is 4.79 Å². The van der Waals surface area contributed by atoms with E-state index < -0.39 is 0 Å². The number of aromatic nitrogens is 1. The number of pyridine rings is 1. The van der Waals surface area contributed by atoms with Crippen molar-refractivity contribution in [2.75, 3.05) is 5.32 Å². The van der Waals surface area contributed by atoms with Crippen molar-refractivity contribution in [2.24, 2.45) is 0 Å². The molecule has 1 aromatic carbocycles. The summed E-state index contributed by atoms with van der Waals surface area (Å²) in [6.07, 6.45) is 1.61. The van der Waals surface area contributed by atoms with Gasteiger partial charge in [0, 0.05) is 10.7 Å². The predicted molar refractivity (Wildman–Crippen MR) is 77.5 cm³/mol. The lowest BCUT2D eigenvalue weighted by Crippen LogP contribution is -2.14. The van der Waals surface area contributed by atoms with Gasteiger partial charge in [-0.25, -0.2) is 4.98 Å². The molecule has 19 heavy (non-hydrogen) atoms. The Bertz CT molecular complexity index is 641. The molecule has 2 aromatic rings. The second-order valence-corrected chi connectivity index (χ2v) is 5.21. The van der Waals surface area contributed by atoms with E-state index >= 15 is 0 Å². The highest BCUT2D eigenvalue weighted by atomic mass is 79.9. The summed E-state index contributed by atoms with van der Waals surface area (Å²) in [6, 6.07) is 6.78. The van der Waals surface area contributed by atoms with Crippen LogP contribution >= 0.6 is 15.9 Å². The summed E-state index contributed by atoms with van der Waals surface area (Å²) in [5.74, 6) is 0.0656. The third kappa shape index (κ3) is 3.12. The monoisotopic (exact) mass is 320 g/mol. The van der Waals surface area contributed by atoms with E-state index in [1.165, 1.54) is 0 Å². The fourth-order valence-electron chi connectivity index (χ4n) is 1.68. The lowest BCUT2D eigenvalue weighted by Gasteiger charge is -2.09. The average Bonchev–Trinajstić information content (AvgIpc) is 2.32. The minimum atomic E-state index is -0.379. The number of amides is 1. The van der Waals surface area contributed by atoms with Crippen LogP contribution in [0.25, 0.3) is 0 Å². The molecule has 0 atom stereocenters. The third-order valence-electron chi connectivity index (χ3n) is 2.67. The SMILES string of the molecule is Cc1ccc(C(=O)Nc2ncc(Br)cc2C)c(O)c1. The molecule has 0 saturated heterocycles. The molecule has 0 bridgehead atoms. The van der Waals surface area contributed by atoms with Crippen LogP contribution in [0.1, 0.15) is 21.5 Å². The number of nitrogens with zero attached hydrogens (tertiary/aromatic N) is 1. The lowest BCUT2D eigenvalue weighted by molar-refractivity contribution is 0.102. The molecule has 2 N–H and O–H groups in total. The Balaban J connectivity index is 2.25. The van der Waals surface area contributed by atoms with Gasteiger partial charge in [-0.15, -0.1) is 0 Å². The second kappa shape index (κ2) is 5.40. The summed E-state index contributed by atoms with van der Waals surface area (Å²) in [7, 11) is 0. The Morgan fingerprint density at radius 2 is 2.05 bits per heavy atom. The van der Waals surface area contributed by atoms with Crippen molar-refractivity contribution in [2.45, 2.75) is 13.8 Å². The smallest absolute Gasteiger partial charge is 0.260 e. The molecule has 98 valence electrons. The summed E-state index contributed by atoms with van der Waals surface area (Å²) in [4.78, 5) is 16.2. The molecule has 2 rings (SSSR count). The molecule has 0 unspecified atom stereocenters. The van der Waals surface area contributed by atoms with E-state index in [1.807, 2.05) is 19.9 Å². The molecule has 0 fully saturated rings. The molecular weight excluding hydrogens is 308 g/mol. The van der Waals surface area contributed by atoms with E-state index in [0.29, 0.717) is 5.82 Å². The highest BCUT2D eigenvalue weighted by Gasteiger charge is 2.13. The number of anilines is 1. The number of nitrogens with one attached hydrogen (secondary N) is 1. The first kappa shape index (κ1) is 13.5. The normalized spacial score (nSPS) is 10.3. The van der Waals surface area contributed by atoms with E-state index in [1.54, 1.807) is 24.4 Å². The van der Waals surface area contributed by atoms with Crippen LogP contribution in [0.5, 0.6) is 5.75 Å². The number of phenols is 1. The van der Waals surface area contributed by atoms with Crippen LogP contribution in [0, 0.1) is 13.8 Å². The second-order valence-electron chi connectivity index (χ2n) is 4.29. The molecule has 0 aliphatic rings. The summed E-state index contributed by atoms with van der Waals surface area (Å²) in [6.45, 7) is 3.70. The highest BCUT2D eigenvalue weighted by Crippen LogP contribution is 2.21. The first-order chi connectivity index (χ1) is 8.97. The van der Waals surface area contributed by atoms with Gasteiger partial charge >= 0.3 is 0 Å². The molecule has 1 aromatic heterocycles. The van der Waals surface area contributed by atoms with E-state index in [9.17, 15) is 9.90 Å². The zero-order valence-corrected chi connectivity index (χ0v) is 12.2. The number of halogens is 1. The topological polar surface area (TPSA) is 62.2 Å². The number of benzene rings is 1.